The number of nitro groups is 1. The van der Waals surface area contributed by atoms with Crippen molar-refractivity contribution in [3.8, 4) is 5.75 Å². The Balaban J connectivity index is 1.88. The number of nitrogens with one attached hydrogen (secondary N) is 1. The third-order valence-electron chi connectivity index (χ3n) is 4.51. The third kappa shape index (κ3) is 4.46. The molecule has 0 radical (unpaired) electrons. The van der Waals surface area contributed by atoms with Gasteiger partial charge in [0.25, 0.3) is 0 Å². The van der Waals surface area contributed by atoms with Crippen molar-refractivity contribution in [3.63, 3.8) is 0 Å². The van der Waals surface area contributed by atoms with Gasteiger partial charge in [-0.1, -0.05) is 12.1 Å². The Morgan fingerprint density at radius 3 is 2.68 bits per heavy atom. The number of aliphatic hydroxyl groups excluding tert-OH is 1. The topological polar surface area (TPSA) is 117 Å². The predicted molar refractivity (Wildman–Crippen MR) is 105 cm³/mol. The van der Waals surface area contributed by atoms with Gasteiger partial charge < -0.3 is 20.1 Å². The molecule has 1 aromatic carbocycles. The Bertz CT molecular complexity index is 810. The fourth-order valence-corrected chi connectivity index (χ4v) is 3.16. The Morgan fingerprint density at radius 1 is 1.25 bits per heavy atom. The van der Waals surface area contributed by atoms with Crippen LogP contribution in [-0.4, -0.2) is 70.8 Å². The summed E-state index contributed by atoms with van der Waals surface area (Å²) < 4.78 is 5.58. The van der Waals surface area contributed by atoms with Crippen molar-refractivity contribution in [1.29, 1.82) is 0 Å². The molecule has 28 heavy (non-hydrogen) atoms. The minimum Gasteiger partial charge on any atom is -0.492 e. The largest absolute Gasteiger partial charge is 0.492 e. The molecule has 1 saturated heterocycles. The molecule has 1 aliphatic heterocycles. The van der Waals surface area contributed by atoms with Gasteiger partial charge in [-0.25, -0.2) is 9.97 Å². The van der Waals surface area contributed by atoms with E-state index in [2.05, 4.69) is 20.2 Å². The average Bonchev–Trinajstić information content (AvgIpc) is 2.70. The molecule has 0 unspecified atom stereocenters. The lowest BCUT2D eigenvalue weighted by Crippen LogP contribution is -2.47. The summed E-state index contributed by atoms with van der Waals surface area (Å²) in [7, 11) is 0. The fourth-order valence-electron chi connectivity index (χ4n) is 3.16. The van der Waals surface area contributed by atoms with Crippen LogP contribution in [0.3, 0.4) is 0 Å². The quantitative estimate of drug-likeness (QED) is 0.514. The van der Waals surface area contributed by atoms with Crippen LogP contribution >= 0.6 is 0 Å². The summed E-state index contributed by atoms with van der Waals surface area (Å²) >= 11 is 0. The van der Waals surface area contributed by atoms with E-state index in [0.717, 1.165) is 0 Å². The minimum atomic E-state index is -0.457. The Hall–Kier alpha value is -2.98. The number of hydrogen-bond acceptors (Lipinski definition) is 9. The van der Waals surface area contributed by atoms with Gasteiger partial charge in [0.15, 0.2) is 0 Å². The number of hydrogen-bond donors (Lipinski definition) is 2. The minimum absolute atomic E-state index is 0.0982. The standard InChI is InChI=1S/C18H24N6O4/c1-2-28-15-6-4-3-5-14(15)21-17-16(24(26)27)18(20-13-19-17)23-9-7-22(8-10-23)11-12-25/h3-6,13,25H,2,7-12H2,1H3,(H,19,20,21). The highest BCUT2D eigenvalue weighted by Crippen LogP contribution is 2.36. The van der Waals surface area contributed by atoms with E-state index in [9.17, 15) is 10.1 Å². The summed E-state index contributed by atoms with van der Waals surface area (Å²) in [6.07, 6.45) is 1.33. The van der Waals surface area contributed by atoms with Crippen LogP contribution in [0, 0.1) is 10.1 Å². The number of benzene rings is 1. The number of para-hydroxylation sites is 2. The highest BCUT2D eigenvalue weighted by Gasteiger charge is 2.29. The molecule has 2 heterocycles. The molecule has 10 nitrogen and oxygen atoms in total. The Morgan fingerprint density at radius 2 is 2.00 bits per heavy atom. The van der Waals surface area contributed by atoms with Crippen LogP contribution in [-0.2, 0) is 0 Å². The van der Waals surface area contributed by atoms with Crippen molar-refractivity contribution in [2.75, 3.05) is 56.2 Å². The summed E-state index contributed by atoms with van der Waals surface area (Å²) in [5, 5.41) is 23.9. The smallest absolute Gasteiger partial charge is 0.353 e. The molecule has 0 atom stereocenters. The van der Waals surface area contributed by atoms with E-state index in [4.69, 9.17) is 9.84 Å². The lowest BCUT2D eigenvalue weighted by Gasteiger charge is -2.34. The van der Waals surface area contributed by atoms with Gasteiger partial charge in [-0.15, -0.1) is 0 Å². The van der Waals surface area contributed by atoms with Gasteiger partial charge in [-0.05, 0) is 19.1 Å². The maximum absolute atomic E-state index is 11.8. The first-order valence-corrected chi connectivity index (χ1v) is 9.20. The molecule has 1 aromatic heterocycles. The van der Waals surface area contributed by atoms with E-state index in [-0.39, 0.29) is 18.1 Å². The van der Waals surface area contributed by atoms with E-state index in [1.165, 1.54) is 6.33 Å². The van der Waals surface area contributed by atoms with Gasteiger partial charge in [0.2, 0.25) is 11.6 Å². The van der Waals surface area contributed by atoms with Crippen molar-refractivity contribution < 1.29 is 14.8 Å². The maximum Gasteiger partial charge on any atom is 0.353 e. The van der Waals surface area contributed by atoms with Gasteiger partial charge in [0.05, 0.1) is 23.8 Å². The number of β-amino-alcohol motifs (C(OH)–C–C–N with tert-alkyl or cyclic N) is 1. The molecular formula is C18H24N6O4. The summed E-state index contributed by atoms with van der Waals surface area (Å²) in [4.78, 5) is 23.7. The summed E-state index contributed by atoms with van der Waals surface area (Å²) in [6.45, 7) is 5.64. The van der Waals surface area contributed by atoms with Gasteiger partial charge >= 0.3 is 5.69 Å². The molecule has 0 saturated carbocycles. The number of aromatic nitrogens is 2. The summed E-state index contributed by atoms with van der Waals surface area (Å²) in [5.74, 6) is 1.01. The highest BCUT2D eigenvalue weighted by atomic mass is 16.6. The SMILES string of the molecule is CCOc1ccccc1Nc1ncnc(N2CCN(CCO)CC2)c1[N+](=O)[O-]. The number of rotatable bonds is 8. The van der Waals surface area contributed by atoms with Crippen molar-refractivity contribution in [2.24, 2.45) is 0 Å². The zero-order valence-electron chi connectivity index (χ0n) is 15.7. The van der Waals surface area contributed by atoms with Gasteiger partial charge in [-0.3, -0.25) is 15.0 Å². The predicted octanol–water partition coefficient (Wildman–Crippen LogP) is 1.64. The first kappa shape index (κ1) is 19.8. The van der Waals surface area contributed by atoms with Gasteiger partial charge in [-0.2, -0.15) is 0 Å². The Labute approximate surface area is 162 Å². The fraction of sp³-hybridized carbons (Fsp3) is 0.444. The number of nitrogens with zero attached hydrogens (tertiary/aromatic N) is 5. The molecular weight excluding hydrogens is 364 g/mol. The number of anilines is 3. The van der Waals surface area contributed by atoms with Crippen LogP contribution in [0.4, 0.5) is 23.0 Å². The molecule has 1 fully saturated rings. The van der Waals surface area contributed by atoms with Crippen molar-refractivity contribution >= 4 is 23.0 Å². The van der Waals surface area contributed by atoms with Gasteiger partial charge in [0, 0.05) is 32.7 Å². The second-order valence-electron chi connectivity index (χ2n) is 6.26. The molecule has 0 amide bonds. The van der Waals surface area contributed by atoms with E-state index in [1.807, 2.05) is 24.0 Å². The van der Waals surface area contributed by atoms with E-state index >= 15 is 0 Å². The van der Waals surface area contributed by atoms with Crippen LogP contribution in [0.15, 0.2) is 30.6 Å². The van der Waals surface area contributed by atoms with E-state index < -0.39 is 4.92 Å². The molecule has 3 rings (SSSR count). The van der Waals surface area contributed by atoms with E-state index in [1.54, 1.807) is 12.1 Å². The number of ether oxygens (including phenoxy) is 1. The summed E-state index contributed by atoms with van der Waals surface area (Å²) in [5.41, 5.74) is 0.439. The van der Waals surface area contributed by atoms with Crippen molar-refractivity contribution in [3.05, 3.63) is 40.7 Å². The van der Waals surface area contributed by atoms with Gasteiger partial charge in [0.1, 0.15) is 12.1 Å². The Kier molecular flexibility index (Phi) is 6.56. The van der Waals surface area contributed by atoms with Crippen LogP contribution in [0.1, 0.15) is 6.92 Å². The van der Waals surface area contributed by atoms with Crippen molar-refractivity contribution in [2.45, 2.75) is 6.92 Å². The molecule has 0 bridgehead atoms. The lowest BCUT2D eigenvalue weighted by atomic mass is 10.2. The number of piperazine rings is 1. The molecule has 0 spiro atoms. The van der Waals surface area contributed by atoms with Crippen LogP contribution in [0.5, 0.6) is 5.75 Å². The molecule has 0 aliphatic carbocycles. The molecule has 10 heteroatoms. The second kappa shape index (κ2) is 9.29. The van der Waals surface area contributed by atoms with Crippen LogP contribution in [0.2, 0.25) is 0 Å². The molecule has 150 valence electrons. The molecule has 1 aliphatic rings. The third-order valence-corrected chi connectivity index (χ3v) is 4.51. The first-order chi connectivity index (χ1) is 13.6. The van der Waals surface area contributed by atoms with Crippen molar-refractivity contribution in [1.82, 2.24) is 14.9 Å². The average molecular weight is 388 g/mol. The van der Waals surface area contributed by atoms with E-state index in [0.29, 0.717) is 56.6 Å². The molecule has 2 N–H and O–H groups in total. The van der Waals surface area contributed by atoms with Crippen LogP contribution in [0.25, 0.3) is 0 Å². The second-order valence-corrected chi connectivity index (χ2v) is 6.26. The number of aliphatic hydroxyl groups is 1. The maximum atomic E-state index is 11.8. The van der Waals surface area contributed by atoms with Crippen LogP contribution < -0.4 is 15.0 Å². The zero-order chi connectivity index (χ0) is 19.9. The first-order valence-electron chi connectivity index (χ1n) is 9.20. The normalized spacial score (nSPS) is 14.7. The highest BCUT2D eigenvalue weighted by molar-refractivity contribution is 5.76. The molecule has 2 aromatic rings. The lowest BCUT2D eigenvalue weighted by molar-refractivity contribution is -0.383. The monoisotopic (exact) mass is 388 g/mol. The summed E-state index contributed by atoms with van der Waals surface area (Å²) in [6, 6.07) is 7.23. The zero-order valence-corrected chi connectivity index (χ0v) is 15.7.